The Morgan fingerprint density at radius 2 is 1.67 bits per heavy atom. The van der Waals surface area contributed by atoms with Crippen molar-refractivity contribution in [3.8, 4) is 0 Å². The lowest BCUT2D eigenvalue weighted by Gasteiger charge is -2.23. The van der Waals surface area contributed by atoms with E-state index in [0.717, 1.165) is 6.92 Å². The molecule has 0 heterocycles. The van der Waals surface area contributed by atoms with Gasteiger partial charge in [-0.25, -0.2) is 4.79 Å². The molecule has 0 fully saturated rings. The van der Waals surface area contributed by atoms with Gasteiger partial charge in [-0.15, -0.1) is 0 Å². The number of esters is 2. The second-order valence-corrected chi connectivity index (χ2v) is 3.32. The van der Waals surface area contributed by atoms with Crippen LogP contribution in [0, 0.1) is 0 Å². The van der Waals surface area contributed by atoms with Crippen molar-refractivity contribution in [2.24, 2.45) is 0 Å². The van der Waals surface area contributed by atoms with Gasteiger partial charge < -0.3 is 9.47 Å². The fourth-order valence-electron chi connectivity index (χ4n) is 0.989. The molecule has 106 valence electrons. The fraction of sp³-hybridized carbons (Fsp3) is 0.778. The maximum Gasteiger partial charge on any atom is 0.422 e. The molecule has 0 amide bonds. The molecule has 0 bridgehead atoms. The summed E-state index contributed by atoms with van der Waals surface area (Å²) < 4.78 is 69.2. The molecule has 0 saturated heterocycles. The highest BCUT2D eigenvalue weighted by Gasteiger charge is 2.51. The average molecular weight is 278 g/mol. The predicted octanol–water partition coefficient (Wildman–Crippen LogP) is 2.07. The first-order chi connectivity index (χ1) is 8.00. The molecule has 0 spiro atoms. The lowest BCUT2D eigenvalue weighted by molar-refractivity contribution is -0.217. The smallest absolute Gasteiger partial charge is 0.422 e. The summed E-state index contributed by atoms with van der Waals surface area (Å²) in [7, 11) is 0. The van der Waals surface area contributed by atoms with Gasteiger partial charge in [-0.1, -0.05) is 6.92 Å². The minimum atomic E-state index is -4.91. The van der Waals surface area contributed by atoms with Crippen molar-refractivity contribution >= 4 is 11.9 Å². The Bertz CT molecular complexity index is 313. The second kappa shape index (κ2) is 5.96. The quantitative estimate of drug-likeness (QED) is 0.570. The molecule has 1 atom stereocenters. The lowest BCUT2D eigenvalue weighted by Crippen LogP contribution is -2.45. The molecule has 0 aromatic heterocycles. The van der Waals surface area contributed by atoms with E-state index in [1.54, 1.807) is 0 Å². The Hall–Kier alpha value is -1.41. The third-order valence-electron chi connectivity index (χ3n) is 1.72. The van der Waals surface area contributed by atoms with Gasteiger partial charge in [-0.2, -0.15) is 22.0 Å². The monoisotopic (exact) mass is 278 g/mol. The molecule has 0 aliphatic rings. The highest BCUT2D eigenvalue weighted by atomic mass is 19.4. The zero-order valence-corrected chi connectivity index (χ0v) is 9.51. The standard InChI is InChI=1S/C9H11F5O4/c1-3-6(18-5(2)15)9(13,14)7(16)17-4-8(10,11)12/h6H,3-4H2,1-2H3. The minimum absolute atomic E-state index is 0.451. The summed E-state index contributed by atoms with van der Waals surface area (Å²) in [5.41, 5.74) is 0. The van der Waals surface area contributed by atoms with Crippen LogP contribution in [0.3, 0.4) is 0 Å². The van der Waals surface area contributed by atoms with Crippen molar-refractivity contribution in [2.45, 2.75) is 38.5 Å². The Balaban J connectivity index is 4.67. The van der Waals surface area contributed by atoms with Crippen LogP contribution in [0.15, 0.2) is 0 Å². The van der Waals surface area contributed by atoms with E-state index in [4.69, 9.17) is 0 Å². The number of alkyl halides is 5. The Labute approximate surface area is 99.0 Å². The number of hydrogen-bond acceptors (Lipinski definition) is 4. The largest absolute Gasteiger partial charge is 0.455 e. The minimum Gasteiger partial charge on any atom is -0.455 e. The normalized spacial score (nSPS) is 13.9. The van der Waals surface area contributed by atoms with Gasteiger partial charge in [0.25, 0.3) is 0 Å². The zero-order chi connectivity index (χ0) is 14.6. The third kappa shape index (κ3) is 5.28. The molecule has 1 unspecified atom stereocenters. The Morgan fingerprint density at radius 1 is 1.17 bits per heavy atom. The van der Waals surface area contributed by atoms with Crippen LogP contribution in [0.5, 0.6) is 0 Å². The van der Waals surface area contributed by atoms with E-state index in [2.05, 4.69) is 9.47 Å². The topological polar surface area (TPSA) is 52.6 Å². The number of carbonyl (C=O) groups is 2. The summed E-state index contributed by atoms with van der Waals surface area (Å²) in [4.78, 5) is 21.3. The van der Waals surface area contributed by atoms with Crippen LogP contribution < -0.4 is 0 Å². The highest BCUT2D eigenvalue weighted by molar-refractivity contribution is 5.79. The average Bonchev–Trinajstić information content (AvgIpc) is 2.20. The van der Waals surface area contributed by atoms with E-state index in [-0.39, 0.29) is 0 Å². The van der Waals surface area contributed by atoms with E-state index in [9.17, 15) is 31.5 Å². The van der Waals surface area contributed by atoms with Crippen molar-refractivity contribution in [1.29, 1.82) is 0 Å². The van der Waals surface area contributed by atoms with Crippen LogP contribution in [0.1, 0.15) is 20.3 Å². The highest BCUT2D eigenvalue weighted by Crippen LogP contribution is 2.27. The zero-order valence-electron chi connectivity index (χ0n) is 9.51. The van der Waals surface area contributed by atoms with Crippen LogP contribution in [0.2, 0.25) is 0 Å². The summed E-state index contributed by atoms with van der Waals surface area (Å²) in [5, 5.41) is 0. The van der Waals surface area contributed by atoms with E-state index in [1.807, 2.05) is 0 Å². The molecule has 0 radical (unpaired) electrons. The van der Waals surface area contributed by atoms with Gasteiger partial charge in [0, 0.05) is 6.92 Å². The van der Waals surface area contributed by atoms with Gasteiger partial charge in [0.15, 0.2) is 12.7 Å². The fourth-order valence-corrected chi connectivity index (χ4v) is 0.989. The van der Waals surface area contributed by atoms with Crippen LogP contribution in [-0.2, 0) is 19.1 Å². The molecule has 4 nitrogen and oxygen atoms in total. The molecule has 0 saturated carbocycles. The van der Waals surface area contributed by atoms with Gasteiger partial charge in [0.05, 0.1) is 0 Å². The van der Waals surface area contributed by atoms with Gasteiger partial charge in [0.2, 0.25) is 0 Å². The molecule has 0 aromatic carbocycles. The molecule has 0 aliphatic carbocycles. The molecule has 0 N–H and O–H groups in total. The van der Waals surface area contributed by atoms with Crippen LogP contribution >= 0.6 is 0 Å². The van der Waals surface area contributed by atoms with Gasteiger partial charge >= 0.3 is 24.0 Å². The Kier molecular flexibility index (Phi) is 5.50. The first-order valence-corrected chi connectivity index (χ1v) is 4.79. The summed E-state index contributed by atoms with van der Waals surface area (Å²) >= 11 is 0. The number of halogens is 5. The number of carbonyl (C=O) groups excluding carboxylic acids is 2. The van der Waals surface area contributed by atoms with Crippen molar-refractivity contribution in [3.63, 3.8) is 0 Å². The summed E-state index contributed by atoms with van der Waals surface area (Å²) in [5.74, 6) is -7.79. The molecular weight excluding hydrogens is 267 g/mol. The number of rotatable bonds is 5. The lowest BCUT2D eigenvalue weighted by atomic mass is 10.1. The van der Waals surface area contributed by atoms with Crippen molar-refractivity contribution in [1.82, 2.24) is 0 Å². The summed E-state index contributed by atoms with van der Waals surface area (Å²) in [6.07, 6.45) is -7.52. The van der Waals surface area contributed by atoms with Crippen LogP contribution in [0.4, 0.5) is 22.0 Å². The maximum atomic E-state index is 13.3. The van der Waals surface area contributed by atoms with E-state index in [0.29, 0.717) is 0 Å². The third-order valence-corrected chi connectivity index (χ3v) is 1.72. The molecule has 0 rings (SSSR count). The van der Waals surface area contributed by atoms with E-state index < -0.39 is 43.2 Å². The first kappa shape index (κ1) is 16.6. The number of hydrogen-bond donors (Lipinski definition) is 0. The maximum absolute atomic E-state index is 13.3. The summed E-state index contributed by atoms with van der Waals surface area (Å²) in [6, 6.07) is 0. The van der Waals surface area contributed by atoms with Crippen molar-refractivity contribution < 1.29 is 41.0 Å². The van der Waals surface area contributed by atoms with Gasteiger partial charge in [0.1, 0.15) is 0 Å². The van der Waals surface area contributed by atoms with Gasteiger partial charge in [-0.05, 0) is 6.42 Å². The van der Waals surface area contributed by atoms with Crippen LogP contribution in [0.25, 0.3) is 0 Å². The van der Waals surface area contributed by atoms with Gasteiger partial charge in [-0.3, -0.25) is 4.79 Å². The van der Waals surface area contributed by atoms with Crippen LogP contribution in [-0.4, -0.2) is 36.7 Å². The SMILES string of the molecule is CCC(OC(C)=O)C(F)(F)C(=O)OCC(F)(F)F. The predicted molar refractivity (Wildman–Crippen MR) is 47.8 cm³/mol. The Morgan fingerprint density at radius 3 is 2.00 bits per heavy atom. The molecule has 0 aliphatic heterocycles. The first-order valence-electron chi connectivity index (χ1n) is 4.79. The summed E-state index contributed by atoms with van der Waals surface area (Å²) in [6.45, 7) is -0.115. The number of ether oxygens (including phenoxy) is 2. The van der Waals surface area contributed by atoms with E-state index >= 15 is 0 Å². The van der Waals surface area contributed by atoms with Crippen molar-refractivity contribution in [2.75, 3.05) is 6.61 Å². The molecule has 9 heteroatoms. The molecular formula is C9H11F5O4. The molecule has 18 heavy (non-hydrogen) atoms. The van der Waals surface area contributed by atoms with Crippen molar-refractivity contribution in [3.05, 3.63) is 0 Å². The second-order valence-electron chi connectivity index (χ2n) is 3.32. The van der Waals surface area contributed by atoms with E-state index in [1.165, 1.54) is 6.92 Å². The molecule has 0 aromatic rings.